The van der Waals surface area contributed by atoms with Crippen LogP contribution in [-0.2, 0) is 9.53 Å². The minimum Gasteiger partial charge on any atom is -0.465 e. The van der Waals surface area contributed by atoms with Gasteiger partial charge in [-0.1, -0.05) is 64.7 Å². The van der Waals surface area contributed by atoms with Crippen molar-refractivity contribution in [2.45, 2.75) is 197 Å². The van der Waals surface area contributed by atoms with Gasteiger partial charge in [-0.2, -0.15) is 0 Å². The first-order chi connectivity index (χ1) is 21.4. The number of hydrogen-bond donors (Lipinski definition) is 3. The largest absolute Gasteiger partial charge is 0.465 e. The quantitative estimate of drug-likeness (QED) is 0.158. The van der Waals surface area contributed by atoms with Gasteiger partial charge in [-0.15, -0.1) is 0 Å². The summed E-state index contributed by atoms with van der Waals surface area (Å²) in [6, 6.07) is 3.24. The molecule has 0 bridgehead atoms. The van der Waals surface area contributed by atoms with E-state index in [0.29, 0.717) is 42.9 Å². The molecule has 6 rings (SSSR count). The normalized spacial score (nSPS) is 38.0. The fourth-order valence-corrected chi connectivity index (χ4v) is 9.70. The molecular formula is C35H62N6O3. The van der Waals surface area contributed by atoms with Crippen LogP contribution < -0.4 is 10.6 Å². The molecular weight excluding hydrogens is 552 g/mol. The van der Waals surface area contributed by atoms with Gasteiger partial charge >= 0.3 is 5.97 Å². The number of hydroxylamine groups is 2. The van der Waals surface area contributed by atoms with Crippen LogP contribution in [0.5, 0.6) is 0 Å². The van der Waals surface area contributed by atoms with Crippen molar-refractivity contribution in [1.82, 2.24) is 25.5 Å². The lowest BCUT2D eigenvalue weighted by atomic mass is 9.88. The van der Waals surface area contributed by atoms with Gasteiger partial charge in [0.05, 0.1) is 24.6 Å². The molecule has 44 heavy (non-hydrogen) atoms. The molecule has 10 atom stereocenters. The third-order valence-corrected chi connectivity index (χ3v) is 12.0. The van der Waals surface area contributed by atoms with Crippen molar-refractivity contribution in [1.29, 1.82) is 0 Å². The van der Waals surface area contributed by atoms with E-state index in [1.54, 1.807) is 0 Å². The number of esters is 1. The van der Waals surface area contributed by atoms with Gasteiger partial charge in [0.25, 0.3) is 0 Å². The summed E-state index contributed by atoms with van der Waals surface area (Å²) >= 11 is 0. The van der Waals surface area contributed by atoms with Gasteiger partial charge in [0.2, 0.25) is 5.96 Å². The lowest BCUT2D eigenvalue weighted by molar-refractivity contribution is -0.157. The summed E-state index contributed by atoms with van der Waals surface area (Å²) in [6.45, 7) is 7.11. The zero-order valence-electron chi connectivity index (χ0n) is 28.0. The van der Waals surface area contributed by atoms with Gasteiger partial charge in [0.15, 0.2) is 0 Å². The Morgan fingerprint density at radius 2 is 1.57 bits per heavy atom. The SMILES string of the molecule is CCCCCCCC1CC2CCC3C(C(=O)OCCCCCCCC4CC5CCC6CC(C)N(O)C(=N4)N56)C(C)NC(N1)N23. The van der Waals surface area contributed by atoms with Crippen LogP contribution >= 0.6 is 0 Å². The molecule has 0 spiro atoms. The van der Waals surface area contributed by atoms with E-state index in [-0.39, 0.29) is 30.3 Å². The molecule has 0 radical (unpaired) electrons. The monoisotopic (exact) mass is 614 g/mol. The van der Waals surface area contributed by atoms with Crippen LogP contribution in [0.25, 0.3) is 0 Å². The number of nitrogens with one attached hydrogen (secondary N) is 2. The standard InChI is InChI=1S/C35H62N6O3/c1-4-5-6-8-11-14-26-22-30-18-19-31-32(25(3)36-34(37-26)40(30)31)33(42)44-20-13-10-7-9-12-15-27-23-29-17-16-28-21-24(2)41(43)35(38-27)39(28)29/h24-32,34,36-37,43H,4-23H2,1-3H3. The van der Waals surface area contributed by atoms with Crippen molar-refractivity contribution in [3.8, 4) is 0 Å². The Balaban J connectivity index is 0.865. The van der Waals surface area contributed by atoms with Gasteiger partial charge in [-0.05, 0) is 78.1 Å². The number of hydrogen-bond acceptors (Lipinski definition) is 9. The minimum absolute atomic E-state index is 0.00158. The molecule has 6 aliphatic rings. The number of nitrogens with zero attached hydrogens (tertiary/aromatic N) is 4. The smallest absolute Gasteiger partial charge is 0.312 e. The van der Waals surface area contributed by atoms with Crippen molar-refractivity contribution in [3.63, 3.8) is 0 Å². The van der Waals surface area contributed by atoms with Crippen LogP contribution in [0.2, 0.25) is 0 Å². The first-order valence-electron chi connectivity index (χ1n) is 18.7. The molecule has 6 heterocycles. The second-order valence-corrected chi connectivity index (χ2v) is 15.2. The molecule has 0 aromatic carbocycles. The third-order valence-electron chi connectivity index (χ3n) is 12.0. The maximum atomic E-state index is 13.3. The van der Waals surface area contributed by atoms with E-state index in [1.165, 1.54) is 88.5 Å². The molecule has 0 aromatic rings. The van der Waals surface area contributed by atoms with Gasteiger partial charge in [0, 0.05) is 36.3 Å². The zero-order chi connectivity index (χ0) is 30.6. The maximum Gasteiger partial charge on any atom is 0.312 e. The van der Waals surface area contributed by atoms with Crippen molar-refractivity contribution in [3.05, 3.63) is 0 Å². The number of rotatable bonds is 15. The molecule has 250 valence electrons. The Labute approximate surface area is 266 Å². The van der Waals surface area contributed by atoms with Gasteiger partial charge in [-0.3, -0.25) is 25.5 Å². The highest BCUT2D eigenvalue weighted by molar-refractivity contribution is 5.82. The second-order valence-electron chi connectivity index (χ2n) is 15.2. The number of carbonyl (C=O) groups is 1. The first kappa shape index (κ1) is 32.5. The fraction of sp³-hybridized carbons (Fsp3) is 0.943. The molecule has 9 nitrogen and oxygen atoms in total. The number of guanidine groups is 1. The first-order valence-corrected chi connectivity index (χ1v) is 18.7. The molecule has 0 amide bonds. The Kier molecular flexibility index (Phi) is 11.1. The zero-order valence-corrected chi connectivity index (χ0v) is 28.0. The van der Waals surface area contributed by atoms with Crippen molar-refractivity contribution >= 4 is 11.9 Å². The highest BCUT2D eigenvalue weighted by Gasteiger charge is 2.53. The molecule has 0 saturated carbocycles. The van der Waals surface area contributed by atoms with Crippen LogP contribution in [0.4, 0.5) is 0 Å². The summed E-state index contributed by atoms with van der Waals surface area (Å²) in [7, 11) is 0. The lowest BCUT2D eigenvalue weighted by Gasteiger charge is -2.52. The molecule has 0 aliphatic carbocycles. The summed E-state index contributed by atoms with van der Waals surface area (Å²) < 4.78 is 5.91. The summed E-state index contributed by atoms with van der Waals surface area (Å²) in [4.78, 5) is 23.3. The Hall–Kier alpha value is -1.42. The van der Waals surface area contributed by atoms with E-state index < -0.39 is 0 Å². The second kappa shape index (κ2) is 15.0. The lowest BCUT2D eigenvalue weighted by Crippen LogP contribution is -2.73. The van der Waals surface area contributed by atoms with Gasteiger partial charge < -0.3 is 9.64 Å². The molecule has 10 unspecified atom stereocenters. The average Bonchev–Trinajstić information content (AvgIpc) is 3.62. The molecule has 0 aromatic heterocycles. The van der Waals surface area contributed by atoms with E-state index in [9.17, 15) is 10.0 Å². The van der Waals surface area contributed by atoms with E-state index >= 15 is 0 Å². The van der Waals surface area contributed by atoms with Crippen molar-refractivity contribution in [2.24, 2.45) is 10.9 Å². The molecule has 3 N–H and O–H groups in total. The van der Waals surface area contributed by atoms with E-state index in [0.717, 1.165) is 44.5 Å². The molecule has 5 fully saturated rings. The number of carbonyl (C=O) groups excluding carboxylic acids is 1. The Bertz CT molecular complexity index is 980. The topological polar surface area (TPSA) is 92.7 Å². The summed E-state index contributed by atoms with van der Waals surface area (Å²) in [6.07, 6.45) is 23.1. The van der Waals surface area contributed by atoms with Gasteiger partial charge in [-0.25, -0.2) is 10.1 Å². The highest BCUT2D eigenvalue weighted by atomic mass is 16.5. The van der Waals surface area contributed by atoms with Gasteiger partial charge in [0.1, 0.15) is 6.29 Å². The molecule has 9 heteroatoms. The van der Waals surface area contributed by atoms with Crippen LogP contribution in [0.1, 0.15) is 143 Å². The van der Waals surface area contributed by atoms with E-state index in [4.69, 9.17) is 9.73 Å². The Morgan fingerprint density at radius 3 is 2.39 bits per heavy atom. The maximum absolute atomic E-state index is 13.3. The predicted octanol–water partition coefficient (Wildman–Crippen LogP) is 5.76. The highest BCUT2D eigenvalue weighted by Crippen LogP contribution is 2.41. The molecule has 5 saturated heterocycles. The van der Waals surface area contributed by atoms with Crippen molar-refractivity contribution in [2.75, 3.05) is 6.61 Å². The number of ether oxygens (including phenoxy) is 1. The number of unbranched alkanes of at least 4 members (excludes halogenated alkanes) is 8. The van der Waals surface area contributed by atoms with Crippen molar-refractivity contribution < 1.29 is 14.7 Å². The minimum atomic E-state index is -0.0752. The van der Waals surface area contributed by atoms with E-state index in [2.05, 4.69) is 41.2 Å². The Morgan fingerprint density at radius 1 is 0.864 bits per heavy atom. The van der Waals surface area contributed by atoms with E-state index in [1.807, 2.05) is 0 Å². The van der Waals surface area contributed by atoms with Crippen LogP contribution in [0, 0.1) is 5.92 Å². The predicted molar refractivity (Wildman–Crippen MR) is 174 cm³/mol. The number of aliphatic imine (C=N–C) groups is 1. The van der Waals surface area contributed by atoms with Crippen LogP contribution in [-0.4, -0.2) is 93.2 Å². The van der Waals surface area contributed by atoms with Crippen LogP contribution in [0.15, 0.2) is 4.99 Å². The van der Waals surface area contributed by atoms with Crippen LogP contribution in [0.3, 0.4) is 0 Å². The molecule has 6 aliphatic heterocycles. The summed E-state index contributed by atoms with van der Waals surface area (Å²) in [5, 5.41) is 19.7. The summed E-state index contributed by atoms with van der Waals surface area (Å²) in [5.41, 5.74) is 0. The third kappa shape index (κ3) is 7.11. The fourth-order valence-electron chi connectivity index (χ4n) is 9.70. The summed E-state index contributed by atoms with van der Waals surface area (Å²) in [5.74, 6) is 0.768. The average molecular weight is 615 g/mol.